The van der Waals surface area contributed by atoms with Crippen LogP contribution in [-0.2, 0) is 5.41 Å². The Labute approximate surface area is 158 Å². The number of thioether (sulfide) groups is 1. The standard InChI is InChI=1S/C20H23N5S/c1-13-11-17(24-19(23-13)20(2,3)4)25-9-10-26-16(12-25)14-5-7-21-18-15(14)6-8-22-18/h5-8,11-12H,9-10H2,1-4H3,(H,21,22). The van der Waals surface area contributed by atoms with Crippen LogP contribution < -0.4 is 4.90 Å². The Bertz CT molecular complexity index is 983. The fourth-order valence-electron chi connectivity index (χ4n) is 3.04. The van der Waals surface area contributed by atoms with Gasteiger partial charge in [0.25, 0.3) is 0 Å². The number of nitrogens with zero attached hydrogens (tertiary/aromatic N) is 4. The molecule has 0 aromatic carbocycles. The lowest BCUT2D eigenvalue weighted by Crippen LogP contribution is -2.26. The van der Waals surface area contributed by atoms with E-state index in [9.17, 15) is 0 Å². The molecule has 6 heteroatoms. The summed E-state index contributed by atoms with van der Waals surface area (Å²) >= 11 is 1.88. The number of pyridine rings is 1. The van der Waals surface area contributed by atoms with Gasteiger partial charge in [-0.15, -0.1) is 11.8 Å². The van der Waals surface area contributed by atoms with Gasteiger partial charge in [-0.3, -0.25) is 0 Å². The van der Waals surface area contributed by atoms with Crippen molar-refractivity contribution in [3.8, 4) is 0 Å². The van der Waals surface area contributed by atoms with Crippen LogP contribution in [0.25, 0.3) is 15.9 Å². The molecule has 0 aliphatic carbocycles. The first-order valence-corrected chi connectivity index (χ1v) is 9.80. The Hall–Kier alpha value is -2.34. The maximum atomic E-state index is 4.85. The number of nitrogens with one attached hydrogen (secondary N) is 1. The molecule has 1 N–H and O–H groups in total. The highest BCUT2D eigenvalue weighted by molar-refractivity contribution is 8.08. The summed E-state index contributed by atoms with van der Waals surface area (Å²) < 4.78 is 0. The molecule has 0 saturated carbocycles. The average molecular weight is 366 g/mol. The van der Waals surface area contributed by atoms with E-state index in [1.807, 2.05) is 31.1 Å². The predicted molar refractivity (Wildman–Crippen MR) is 109 cm³/mol. The molecule has 0 amide bonds. The van der Waals surface area contributed by atoms with Gasteiger partial charge in [-0.1, -0.05) is 20.8 Å². The Balaban J connectivity index is 1.76. The zero-order valence-electron chi connectivity index (χ0n) is 15.6. The van der Waals surface area contributed by atoms with Gasteiger partial charge in [-0.2, -0.15) is 0 Å². The highest BCUT2D eigenvalue weighted by atomic mass is 32.2. The van der Waals surface area contributed by atoms with Crippen LogP contribution in [0.1, 0.15) is 37.9 Å². The SMILES string of the molecule is Cc1cc(N2C=C(c3ccnc4[nH]ccc34)SCC2)nc(C(C)(C)C)n1. The number of aromatic amines is 1. The van der Waals surface area contributed by atoms with Gasteiger partial charge in [0, 0.05) is 63.9 Å². The monoisotopic (exact) mass is 365 g/mol. The van der Waals surface area contributed by atoms with Crippen LogP contribution in [0.3, 0.4) is 0 Å². The molecule has 0 fully saturated rings. The number of rotatable bonds is 2. The zero-order valence-corrected chi connectivity index (χ0v) is 16.4. The summed E-state index contributed by atoms with van der Waals surface area (Å²) in [7, 11) is 0. The Kier molecular flexibility index (Phi) is 4.23. The maximum absolute atomic E-state index is 4.85. The highest BCUT2D eigenvalue weighted by Gasteiger charge is 2.22. The number of hydrogen-bond acceptors (Lipinski definition) is 5. The molecule has 0 spiro atoms. The normalized spacial score (nSPS) is 15.4. The summed E-state index contributed by atoms with van der Waals surface area (Å²) in [5.74, 6) is 2.88. The smallest absolute Gasteiger partial charge is 0.137 e. The minimum atomic E-state index is -0.0692. The number of fused-ring (bicyclic) bond motifs is 1. The van der Waals surface area contributed by atoms with Crippen molar-refractivity contribution in [2.75, 3.05) is 17.2 Å². The predicted octanol–water partition coefficient (Wildman–Crippen LogP) is 4.51. The van der Waals surface area contributed by atoms with Crippen LogP contribution in [0, 0.1) is 6.92 Å². The molecular weight excluding hydrogens is 342 g/mol. The number of hydrogen-bond donors (Lipinski definition) is 1. The highest BCUT2D eigenvalue weighted by Crippen LogP contribution is 2.36. The molecule has 1 aliphatic rings. The van der Waals surface area contributed by atoms with Gasteiger partial charge in [0.1, 0.15) is 17.3 Å². The van der Waals surface area contributed by atoms with Crippen molar-refractivity contribution < 1.29 is 0 Å². The molecule has 1 aliphatic heterocycles. The van der Waals surface area contributed by atoms with E-state index < -0.39 is 0 Å². The third-order valence-electron chi connectivity index (χ3n) is 4.39. The minimum absolute atomic E-state index is 0.0692. The van der Waals surface area contributed by atoms with E-state index in [0.717, 1.165) is 40.7 Å². The molecule has 0 atom stereocenters. The lowest BCUT2D eigenvalue weighted by atomic mass is 9.95. The molecule has 4 heterocycles. The maximum Gasteiger partial charge on any atom is 0.137 e. The Morgan fingerprint density at radius 2 is 2.04 bits per heavy atom. The summed E-state index contributed by atoms with van der Waals surface area (Å²) in [6.45, 7) is 9.43. The van der Waals surface area contributed by atoms with Gasteiger partial charge >= 0.3 is 0 Å². The lowest BCUT2D eigenvalue weighted by molar-refractivity contribution is 0.542. The van der Waals surface area contributed by atoms with Gasteiger partial charge in [0.05, 0.1) is 0 Å². The van der Waals surface area contributed by atoms with Crippen molar-refractivity contribution in [2.45, 2.75) is 33.1 Å². The van der Waals surface area contributed by atoms with Crippen molar-refractivity contribution >= 4 is 33.5 Å². The summed E-state index contributed by atoms with van der Waals surface area (Å²) in [5.41, 5.74) is 3.08. The van der Waals surface area contributed by atoms with E-state index in [4.69, 9.17) is 4.98 Å². The molecular formula is C20H23N5S. The first kappa shape index (κ1) is 17.1. The lowest BCUT2D eigenvalue weighted by Gasteiger charge is -2.27. The first-order chi connectivity index (χ1) is 12.4. The quantitative estimate of drug-likeness (QED) is 0.724. The molecule has 0 radical (unpaired) electrons. The van der Waals surface area contributed by atoms with Crippen molar-refractivity contribution in [2.24, 2.45) is 0 Å². The zero-order chi connectivity index (χ0) is 18.3. The van der Waals surface area contributed by atoms with Crippen LogP contribution in [0.5, 0.6) is 0 Å². The molecule has 0 saturated heterocycles. The molecule has 26 heavy (non-hydrogen) atoms. The van der Waals surface area contributed by atoms with Gasteiger partial charge in [0.2, 0.25) is 0 Å². The minimum Gasteiger partial charge on any atom is -0.346 e. The summed E-state index contributed by atoms with van der Waals surface area (Å²) in [6.07, 6.45) is 6.02. The number of aryl methyl sites for hydroxylation is 1. The fraction of sp³-hybridized carbons (Fsp3) is 0.350. The van der Waals surface area contributed by atoms with Crippen molar-refractivity contribution in [1.82, 2.24) is 19.9 Å². The Morgan fingerprint density at radius 1 is 1.19 bits per heavy atom. The molecule has 0 unspecified atom stereocenters. The summed E-state index contributed by atoms with van der Waals surface area (Å²) in [4.78, 5) is 20.6. The van der Waals surface area contributed by atoms with Crippen molar-refractivity contribution in [1.29, 1.82) is 0 Å². The van der Waals surface area contributed by atoms with Crippen molar-refractivity contribution in [3.05, 3.63) is 53.9 Å². The molecule has 4 rings (SSSR count). The third kappa shape index (κ3) is 3.21. The topological polar surface area (TPSA) is 57.7 Å². The van der Waals surface area contributed by atoms with E-state index in [1.54, 1.807) is 0 Å². The molecule has 5 nitrogen and oxygen atoms in total. The summed E-state index contributed by atoms with van der Waals surface area (Å²) in [5, 5.41) is 1.15. The van der Waals surface area contributed by atoms with E-state index in [1.165, 1.54) is 10.5 Å². The van der Waals surface area contributed by atoms with E-state index in [0.29, 0.717) is 0 Å². The van der Waals surface area contributed by atoms with Crippen LogP contribution in [-0.4, -0.2) is 32.2 Å². The Morgan fingerprint density at radius 3 is 2.85 bits per heavy atom. The van der Waals surface area contributed by atoms with Crippen molar-refractivity contribution in [3.63, 3.8) is 0 Å². The third-order valence-corrected chi connectivity index (χ3v) is 5.42. The van der Waals surface area contributed by atoms with Crippen LogP contribution in [0.2, 0.25) is 0 Å². The molecule has 3 aromatic heterocycles. The number of anilines is 1. The first-order valence-electron chi connectivity index (χ1n) is 8.82. The largest absolute Gasteiger partial charge is 0.346 e. The number of H-pyrrole nitrogens is 1. The van der Waals surface area contributed by atoms with Gasteiger partial charge in [0.15, 0.2) is 0 Å². The van der Waals surface area contributed by atoms with Gasteiger partial charge in [-0.05, 0) is 19.1 Å². The van der Waals surface area contributed by atoms with Gasteiger partial charge in [-0.25, -0.2) is 15.0 Å². The number of aromatic nitrogens is 4. The average Bonchev–Trinajstić information content (AvgIpc) is 3.09. The van der Waals surface area contributed by atoms with Crippen LogP contribution in [0.15, 0.2) is 36.8 Å². The second-order valence-electron chi connectivity index (χ2n) is 7.57. The van der Waals surface area contributed by atoms with E-state index in [-0.39, 0.29) is 5.41 Å². The van der Waals surface area contributed by atoms with E-state index >= 15 is 0 Å². The second-order valence-corrected chi connectivity index (χ2v) is 8.71. The molecule has 0 bridgehead atoms. The summed E-state index contributed by atoms with van der Waals surface area (Å²) in [6, 6.07) is 6.24. The van der Waals surface area contributed by atoms with Crippen LogP contribution in [0.4, 0.5) is 5.82 Å². The molecule has 3 aromatic rings. The van der Waals surface area contributed by atoms with Gasteiger partial charge < -0.3 is 9.88 Å². The molecule has 134 valence electrons. The second kappa shape index (κ2) is 6.43. The fourth-order valence-corrected chi connectivity index (χ4v) is 4.08. The van der Waals surface area contributed by atoms with E-state index in [2.05, 4.69) is 65.0 Å². The van der Waals surface area contributed by atoms with Crippen LogP contribution >= 0.6 is 11.8 Å².